The van der Waals surface area contributed by atoms with Crippen molar-refractivity contribution in [2.45, 2.75) is 26.8 Å². The number of fused-ring (bicyclic) bond motifs is 1. The SMILES string of the molecule is CC(C)(C)[C@H]1CN(c2cnc3ccccc3n2)CCN1. The molecule has 0 bridgehead atoms. The highest BCUT2D eigenvalue weighted by atomic mass is 15.3. The van der Waals surface area contributed by atoms with E-state index in [9.17, 15) is 0 Å². The molecule has 1 fully saturated rings. The van der Waals surface area contributed by atoms with Crippen LogP contribution in [0.1, 0.15) is 20.8 Å². The van der Waals surface area contributed by atoms with Crippen molar-refractivity contribution in [2.24, 2.45) is 5.41 Å². The van der Waals surface area contributed by atoms with Gasteiger partial charge in [0, 0.05) is 25.7 Å². The molecule has 4 nitrogen and oxygen atoms in total. The van der Waals surface area contributed by atoms with Crippen LogP contribution in [-0.2, 0) is 0 Å². The van der Waals surface area contributed by atoms with Gasteiger partial charge < -0.3 is 10.2 Å². The van der Waals surface area contributed by atoms with Crippen LogP contribution in [0.4, 0.5) is 5.82 Å². The van der Waals surface area contributed by atoms with Crippen LogP contribution in [0.2, 0.25) is 0 Å². The first-order chi connectivity index (χ1) is 9.54. The fraction of sp³-hybridized carbons (Fsp3) is 0.500. The van der Waals surface area contributed by atoms with Crippen LogP contribution in [0.25, 0.3) is 11.0 Å². The average Bonchev–Trinajstić information content (AvgIpc) is 2.46. The molecule has 20 heavy (non-hydrogen) atoms. The van der Waals surface area contributed by atoms with E-state index in [0.29, 0.717) is 6.04 Å². The van der Waals surface area contributed by atoms with Gasteiger partial charge in [-0.2, -0.15) is 0 Å². The van der Waals surface area contributed by atoms with Gasteiger partial charge in [0.25, 0.3) is 0 Å². The fourth-order valence-electron chi connectivity index (χ4n) is 2.64. The molecule has 0 aliphatic carbocycles. The van der Waals surface area contributed by atoms with E-state index in [1.807, 2.05) is 30.5 Å². The number of nitrogens with zero attached hydrogens (tertiary/aromatic N) is 3. The first kappa shape index (κ1) is 13.3. The van der Waals surface area contributed by atoms with Crippen LogP contribution in [-0.4, -0.2) is 35.6 Å². The molecule has 0 radical (unpaired) electrons. The molecule has 1 aliphatic rings. The van der Waals surface area contributed by atoms with Gasteiger partial charge in [0.1, 0.15) is 5.82 Å². The van der Waals surface area contributed by atoms with Crippen molar-refractivity contribution in [1.29, 1.82) is 0 Å². The zero-order chi connectivity index (χ0) is 14.2. The third-order valence-corrected chi connectivity index (χ3v) is 3.98. The summed E-state index contributed by atoms with van der Waals surface area (Å²) in [6.45, 7) is 9.80. The topological polar surface area (TPSA) is 41.1 Å². The summed E-state index contributed by atoms with van der Waals surface area (Å²) in [6.07, 6.45) is 1.90. The van der Waals surface area contributed by atoms with Crippen LogP contribution in [0.5, 0.6) is 0 Å². The fourth-order valence-corrected chi connectivity index (χ4v) is 2.64. The molecule has 1 aromatic carbocycles. The lowest BCUT2D eigenvalue weighted by Gasteiger charge is -2.40. The van der Waals surface area contributed by atoms with Crippen LogP contribution in [0.15, 0.2) is 30.5 Å². The minimum absolute atomic E-state index is 0.253. The minimum atomic E-state index is 0.253. The van der Waals surface area contributed by atoms with Crippen LogP contribution in [0, 0.1) is 5.41 Å². The first-order valence-electron chi connectivity index (χ1n) is 7.24. The van der Waals surface area contributed by atoms with Crippen molar-refractivity contribution in [3.05, 3.63) is 30.5 Å². The molecule has 1 N–H and O–H groups in total. The molecule has 1 saturated heterocycles. The number of piperazine rings is 1. The summed E-state index contributed by atoms with van der Waals surface area (Å²) in [4.78, 5) is 11.6. The largest absolute Gasteiger partial charge is 0.352 e. The number of benzene rings is 1. The summed E-state index contributed by atoms with van der Waals surface area (Å²) in [5, 5.41) is 3.61. The summed E-state index contributed by atoms with van der Waals surface area (Å²) >= 11 is 0. The molecule has 2 heterocycles. The van der Waals surface area contributed by atoms with E-state index in [-0.39, 0.29) is 5.41 Å². The number of hydrogen-bond donors (Lipinski definition) is 1. The van der Waals surface area contributed by atoms with Crippen molar-refractivity contribution in [1.82, 2.24) is 15.3 Å². The van der Waals surface area contributed by atoms with Crippen LogP contribution < -0.4 is 10.2 Å². The molecule has 3 rings (SSSR count). The van der Waals surface area contributed by atoms with E-state index in [1.165, 1.54) is 0 Å². The standard InChI is InChI=1S/C16H22N4/c1-16(2,3)14-11-20(9-8-17-14)15-10-18-12-6-4-5-7-13(12)19-15/h4-7,10,14,17H,8-9,11H2,1-3H3/t14-/m1/s1. The summed E-state index contributed by atoms with van der Waals surface area (Å²) in [5.41, 5.74) is 2.18. The Balaban J connectivity index is 1.87. The van der Waals surface area contributed by atoms with E-state index in [1.54, 1.807) is 0 Å². The lowest BCUT2D eigenvalue weighted by atomic mass is 9.85. The second-order valence-electron chi connectivity index (χ2n) is 6.54. The highest BCUT2D eigenvalue weighted by Gasteiger charge is 2.29. The highest BCUT2D eigenvalue weighted by molar-refractivity contribution is 5.75. The monoisotopic (exact) mass is 270 g/mol. The van der Waals surface area contributed by atoms with E-state index in [4.69, 9.17) is 4.98 Å². The predicted octanol–water partition coefficient (Wildman–Crippen LogP) is 2.45. The Morgan fingerprint density at radius 2 is 1.95 bits per heavy atom. The van der Waals surface area contributed by atoms with Gasteiger partial charge in [-0.15, -0.1) is 0 Å². The van der Waals surface area contributed by atoms with Crippen LogP contribution >= 0.6 is 0 Å². The number of anilines is 1. The van der Waals surface area contributed by atoms with E-state index >= 15 is 0 Å². The third-order valence-electron chi connectivity index (χ3n) is 3.98. The normalized spacial score (nSPS) is 20.4. The van der Waals surface area contributed by atoms with Gasteiger partial charge in [-0.3, -0.25) is 4.98 Å². The van der Waals surface area contributed by atoms with Gasteiger partial charge in [0.15, 0.2) is 0 Å². The molecule has 1 atom stereocenters. The molecule has 0 amide bonds. The molecule has 4 heteroatoms. The van der Waals surface area contributed by atoms with Crippen molar-refractivity contribution >= 4 is 16.9 Å². The minimum Gasteiger partial charge on any atom is -0.352 e. The Morgan fingerprint density at radius 1 is 1.20 bits per heavy atom. The van der Waals surface area contributed by atoms with Crippen LogP contribution in [0.3, 0.4) is 0 Å². The Kier molecular flexibility index (Phi) is 3.34. The maximum atomic E-state index is 4.75. The van der Waals surface area contributed by atoms with Crippen molar-refractivity contribution in [3.63, 3.8) is 0 Å². The first-order valence-corrected chi connectivity index (χ1v) is 7.24. The van der Waals surface area contributed by atoms with Gasteiger partial charge >= 0.3 is 0 Å². The summed E-state index contributed by atoms with van der Waals surface area (Å²) in [6, 6.07) is 8.51. The smallest absolute Gasteiger partial charge is 0.147 e. The maximum Gasteiger partial charge on any atom is 0.147 e. The summed E-state index contributed by atoms with van der Waals surface area (Å²) in [5.74, 6) is 0.986. The second kappa shape index (κ2) is 5.02. The second-order valence-corrected chi connectivity index (χ2v) is 6.54. The Morgan fingerprint density at radius 3 is 2.70 bits per heavy atom. The summed E-state index contributed by atoms with van der Waals surface area (Å²) < 4.78 is 0. The Labute approximate surface area is 120 Å². The molecule has 106 valence electrons. The number of para-hydroxylation sites is 2. The van der Waals surface area contributed by atoms with E-state index in [0.717, 1.165) is 36.5 Å². The number of nitrogens with one attached hydrogen (secondary N) is 1. The summed E-state index contributed by atoms with van der Waals surface area (Å²) in [7, 11) is 0. The van der Waals surface area contributed by atoms with E-state index < -0.39 is 0 Å². The zero-order valence-electron chi connectivity index (χ0n) is 12.4. The molecular formula is C16H22N4. The molecule has 2 aromatic rings. The predicted molar refractivity (Wildman–Crippen MR) is 83.0 cm³/mol. The molecule has 0 unspecified atom stereocenters. The number of aromatic nitrogens is 2. The van der Waals surface area contributed by atoms with Crippen molar-refractivity contribution < 1.29 is 0 Å². The average molecular weight is 270 g/mol. The quantitative estimate of drug-likeness (QED) is 0.864. The number of rotatable bonds is 1. The number of hydrogen-bond acceptors (Lipinski definition) is 4. The van der Waals surface area contributed by atoms with Gasteiger partial charge in [0.05, 0.1) is 17.2 Å². The Hall–Kier alpha value is -1.68. The van der Waals surface area contributed by atoms with Gasteiger partial charge in [-0.1, -0.05) is 32.9 Å². The lowest BCUT2D eigenvalue weighted by Crippen LogP contribution is -2.56. The van der Waals surface area contributed by atoms with E-state index in [2.05, 4.69) is 36.0 Å². The highest BCUT2D eigenvalue weighted by Crippen LogP contribution is 2.24. The molecule has 0 saturated carbocycles. The lowest BCUT2D eigenvalue weighted by molar-refractivity contribution is 0.253. The van der Waals surface area contributed by atoms with Crippen molar-refractivity contribution in [3.8, 4) is 0 Å². The van der Waals surface area contributed by atoms with Gasteiger partial charge in [-0.25, -0.2) is 4.98 Å². The zero-order valence-corrected chi connectivity index (χ0v) is 12.4. The maximum absolute atomic E-state index is 4.75. The van der Waals surface area contributed by atoms with Crippen molar-refractivity contribution in [2.75, 3.05) is 24.5 Å². The Bertz CT molecular complexity index is 603. The molecule has 1 aliphatic heterocycles. The third kappa shape index (κ3) is 2.61. The molecule has 0 spiro atoms. The van der Waals surface area contributed by atoms with Gasteiger partial charge in [0.2, 0.25) is 0 Å². The molecular weight excluding hydrogens is 248 g/mol. The molecule has 1 aromatic heterocycles. The van der Waals surface area contributed by atoms with Gasteiger partial charge in [-0.05, 0) is 17.5 Å².